The van der Waals surface area contributed by atoms with Crippen LogP contribution in [-0.2, 0) is 6.18 Å². The van der Waals surface area contributed by atoms with E-state index in [1.54, 1.807) is 17.1 Å². The number of benzene rings is 1. The SMILES string of the molecule is O=C([O-])c1cccc(-c2ccc(/C=C/c3cc(C(F)(F)F)[nH]c(=O)n3)o2)c1. The summed E-state index contributed by atoms with van der Waals surface area (Å²) in [7, 11) is 0. The molecule has 0 saturated heterocycles. The number of nitrogens with one attached hydrogen (secondary N) is 1. The van der Waals surface area contributed by atoms with Gasteiger partial charge in [0.2, 0.25) is 0 Å². The van der Waals surface area contributed by atoms with E-state index >= 15 is 0 Å². The molecule has 27 heavy (non-hydrogen) atoms. The molecule has 0 saturated carbocycles. The van der Waals surface area contributed by atoms with Crippen LogP contribution in [0.2, 0.25) is 0 Å². The highest BCUT2D eigenvalue weighted by atomic mass is 19.4. The predicted octanol–water partition coefficient (Wildman–Crippen LogP) is 2.58. The molecule has 3 aromatic rings. The lowest BCUT2D eigenvalue weighted by molar-refractivity contribution is -0.255. The van der Waals surface area contributed by atoms with Gasteiger partial charge in [0, 0.05) is 5.56 Å². The maximum absolute atomic E-state index is 12.7. The monoisotopic (exact) mass is 375 g/mol. The topological polar surface area (TPSA) is 99.0 Å². The minimum atomic E-state index is -4.70. The number of rotatable bonds is 4. The van der Waals surface area contributed by atoms with Crippen LogP contribution in [0.4, 0.5) is 13.2 Å². The van der Waals surface area contributed by atoms with Crippen molar-refractivity contribution in [1.29, 1.82) is 0 Å². The van der Waals surface area contributed by atoms with Gasteiger partial charge in [0.05, 0.1) is 11.7 Å². The zero-order chi connectivity index (χ0) is 19.6. The van der Waals surface area contributed by atoms with E-state index in [-0.39, 0.29) is 17.0 Å². The van der Waals surface area contributed by atoms with E-state index in [9.17, 15) is 27.9 Å². The van der Waals surface area contributed by atoms with Crippen molar-refractivity contribution in [1.82, 2.24) is 9.97 Å². The number of furan rings is 1. The molecule has 3 rings (SSSR count). The fourth-order valence-corrected chi connectivity index (χ4v) is 2.28. The Balaban J connectivity index is 1.86. The van der Waals surface area contributed by atoms with Gasteiger partial charge in [-0.2, -0.15) is 18.2 Å². The summed E-state index contributed by atoms with van der Waals surface area (Å²) in [5, 5.41) is 10.9. The fraction of sp³-hybridized carbons (Fsp3) is 0.0556. The number of alkyl halides is 3. The van der Waals surface area contributed by atoms with Crippen LogP contribution in [0.5, 0.6) is 0 Å². The van der Waals surface area contributed by atoms with E-state index in [4.69, 9.17) is 4.42 Å². The molecule has 9 heteroatoms. The number of carboxylic acids is 1. The number of aromatic nitrogens is 2. The summed E-state index contributed by atoms with van der Waals surface area (Å²) in [6, 6.07) is 9.71. The molecule has 0 radical (unpaired) electrons. The molecule has 0 aliphatic carbocycles. The zero-order valence-corrected chi connectivity index (χ0v) is 13.4. The summed E-state index contributed by atoms with van der Waals surface area (Å²) >= 11 is 0. The molecule has 0 atom stereocenters. The van der Waals surface area contributed by atoms with Crippen LogP contribution >= 0.6 is 0 Å². The van der Waals surface area contributed by atoms with Crippen LogP contribution < -0.4 is 10.8 Å². The smallest absolute Gasteiger partial charge is 0.431 e. The highest BCUT2D eigenvalue weighted by Crippen LogP contribution is 2.27. The molecule has 0 fully saturated rings. The maximum Gasteiger partial charge on any atom is 0.431 e. The van der Waals surface area contributed by atoms with Gasteiger partial charge in [-0.25, -0.2) is 4.79 Å². The van der Waals surface area contributed by atoms with Crippen molar-refractivity contribution in [2.75, 3.05) is 0 Å². The number of carboxylic acid groups (broad SMARTS) is 1. The van der Waals surface area contributed by atoms with E-state index in [1.807, 2.05) is 0 Å². The molecular weight excluding hydrogens is 365 g/mol. The Morgan fingerprint density at radius 3 is 2.63 bits per heavy atom. The van der Waals surface area contributed by atoms with Crippen molar-refractivity contribution in [3.63, 3.8) is 0 Å². The highest BCUT2D eigenvalue weighted by molar-refractivity contribution is 5.87. The van der Waals surface area contributed by atoms with Gasteiger partial charge in [-0.15, -0.1) is 0 Å². The second-order valence-electron chi connectivity index (χ2n) is 5.43. The van der Waals surface area contributed by atoms with E-state index < -0.39 is 23.5 Å². The van der Waals surface area contributed by atoms with Crippen molar-refractivity contribution < 1.29 is 27.5 Å². The van der Waals surface area contributed by atoms with Crippen LogP contribution in [0.3, 0.4) is 0 Å². The second-order valence-corrected chi connectivity index (χ2v) is 5.43. The van der Waals surface area contributed by atoms with Crippen LogP contribution in [0, 0.1) is 0 Å². The van der Waals surface area contributed by atoms with Gasteiger partial charge in [0.1, 0.15) is 17.2 Å². The summed E-state index contributed by atoms with van der Waals surface area (Å²) in [4.78, 5) is 27.2. The van der Waals surface area contributed by atoms with Crippen LogP contribution in [0.25, 0.3) is 23.5 Å². The Bertz CT molecular complexity index is 1080. The lowest BCUT2D eigenvalue weighted by Crippen LogP contribution is -2.22. The van der Waals surface area contributed by atoms with Gasteiger partial charge in [-0.05, 0) is 42.0 Å². The molecule has 1 N–H and O–H groups in total. The summed E-state index contributed by atoms with van der Waals surface area (Å²) in [6.07, 6.45) is -2.16. The third-order valence-corrected chi connectivity index (χ3v) is 3.50. The first-order valence-electron chi connectivity index (χ1n) is 7.50. The van der Waals surface area contributed by atoms with E-state index in [0.29, 0.717) is 17.4 Å². The number of hydrogen-bond acceptors (Lipinski definition) is 5. The van der Waals surface area contributed by atoms with E-state index in [0.717, 1.165) is 0 Å². The average molecular weight is 375 g/mol. The molecule has 0 aliphatic rings. The van der Waals surface area contributed by atoms with Crippen molar-refractivity contribution in [3.05, 3.63) is 75.7 Å². The quantitative estimate of drug-likeness (QED) is 0.756. The van der Waals surface area contributed by atoms with Gasteiger partial charge < -0.3 is 19.3 Å². The number of halogens is 3. The molecule has 0 spiro atoms. The van der Waals surface area contributed by atoms with E-state index in [2.05, 4.69) is 4.98 Å². The molecule has 0 bridgehead atoms. The average Bonchev–Trinajstić information content (AvgIpc) is 3.08. The molecular formula is C18H10F3N2O4-. The maximum atomic E-state index is 12.7. The van der Waals surface area contributed by atoms with E-state index in [1.165, 1.54) is 36.4 Å². The number of aromatic carboxylic acids is 1. The van der Waals surface area contributed by atoms with Gasteiger partial charge in [0.15, 0.2) is 0 Å². The number of carbonyl (C=O) groups excluding carboxylic acids is 1. The van der Waals surface area contributed by atoms with Gasteiger partial charge in [-0.1, -0.05) is 18.2 Å². The first kappa shape index (κ1) is 18.2. The van der Waals surface area contributed by atoms with Crippen LogP contribution in [-0.4, -0.2) is 15.9 Å². The number of H-pyrrole nitrogens is 1. The van der Waals surface area contributed by atoms with Crippen LogP contribution in [0.15, 0.2) is 51.7 Å². The standard InChI is InChI=1S/C18H11F3N2O4/c19-18(20,21)15-9-12(22-17(26)23-15)4-5-13-6-7-14(27-13)10-2-1-3-11(8-10)16(24)25/h1-9H,(H,24,25)(H,22,23,26)/p-1/b5-4+. The minimum absolute atomic E-state index is 0.0200. The van der Waals surface area contributed by atoms with Crippen molar-refractivity contribution in [2.24, 2.45) is 0 Å². The Kier molecular flexibility index (Phi) is 4.68. The lowest BCUT2D eigenvalue weighted by atomic mass is 10.1. The first-order valence-corrected chi connectivity index (χ1v) is 7.50. The van der Waals surface area contributed by atoms with Crippen molar-refractivity contribution >= 4 is 18.1 Å². The Morgan fingerprint density at radius 1 is 1.15 bits per heavy atom. The van der Waals surface area contributed by atoms with Gasteiger partial charge in [0.25, 0.3) is 0 Å². The molecule has 0 aliphatic heterocycles. The third-order valence-electron chi connectivity index (χ3n) is 3.50. The normalized spacial score (nSPS) is 11.8. The zero-order valence-electron chi connectivity index (χ0n) is 13.4. The van der Waals surface area contributed by atoms with Crippen LogP contribution in [0.1, 0.15) is 27.5 Å². The molecule has 2 heterocycles. The lowest BCUT2D eigenvalue weighted by Gasteiger charge is -2.05. The third kappa shape index (κ3) is 4.32. The fourth-order valence-electron chi connectivity index (χ4n) is 2.28. The summed E-state index contributed by atoms with van der Waals surface area (Å²) in [5.74, 6) is -0.698. The Labute approximate surface area is 149 Å². The van der Waals surface area contributed by atoms with Crippen molar-refractivity contribution in [3.8, 4) is 11.3 Å². The summed E-state index contributed by atoms with van der Waals surface area (Å²) in [5.41, 5.74) is -2.05. The second kappa shape index (κ2) is 6.94. The molecule has 6 nitrogen and oxygen atoms in total. The summed E-state index contributed by atoms with van der Waals surface area (Å²) < 4.78 is 43.6. The summed E-state index contributed by atoms with van der Waals surface area (Å²) in [6.45, 7) is 0. The molecule has 0 amide bonds. The minimum Gasteiger partial charge on any atom is -0.545 e. The highest BCUT2D eigenvalue weighted by Gasteiger charge is 2.32. The molecule has 2 aromatic heterocycles. The largest absolute Gasteiger partial charge is 0.545 e. The van der Waals surface area contributed by atoms with Gasteiger partial charge >= 0.3 is 11.9 Å². The Morgan fingerprint density at radius 2 is 1.93 bits per heavy atom. The Hall–Kier alpha value is -3.62. The molecule has 0 unspecified atom stereocenters. The van der Waals surface area contributed by atoms with Gasteiger partial charge in [-0.3, -0.25) is 0 Å². The van der Waals surface area contributed by atoms with Crippen molar-refractivity contribution in [2.45, 2.75) is 6.18 Å². The molecule has 138 valence electrons. The predicted molar refractivity (Wildman–Crippen MR) is 87.3 cm³/mol. The number of aromatic amines is 1. The molecule has 1 aromatic carbocycles. The number of nitrogens with zero attached hydrogens (tertiary/aromatic N) is 1. The number of carbonyl (C=O) groups is 1. The number of hydrogen-bond donors (Lipinski definition) is 1. The first-order chi connectivity index (χ1) is 12.7.